The summed E-state index contributed by atoms with van der Waals surface area (Å²) < 4.78 is 38.8. The number of hydrogen-bond donors (Lipinski definition) is 1. The highest BCUT2D eigenvalue weighted by atomic mass is 79.9. The Kier molecular flexibility index (Phi) is 4.58. The Morgan fingerprint density at radius 2 is 1.86 bits per heavy atom. The highest BCUT2D eigenvalue weighted by molar-refractivity contribution is 9.10. The number of amides is 1. The average molecular weight is 377 g/mol. The van der Waals surface area contributed by atoms with Crippen LogP contribution < -0.4 is 5.73 Å². The third-order valence-electron chi connectivity index (χ3n) is 2.46. The molecule has 3 nitrogen and oxygen atoms in total. The van der Waals surface area contributed by atoms with Crippen LogP contribution >= 0.6 is 27.7 Å². The molecule has 0 aliphatic heterocycles. The van der Waals surface area contributed by atoms with E-state index in [1.807, 2.05) is 0 Å². The minimum absolute atomic E-state index is 0.0521. The second-order valence-electron chi connectivity index (χ2n) is 3.94. The zero-order valence-corrected chi connectivity index (χ0v) is 12.7. The van der Waals surface area contributed by atoms with E-state index >= 15 is 0 Å². The van der Waals surface area contributed by atoms with Gasteiger partial charge in [0.2, 0.25) is 0 Å². The van der Waals surface area contributed by atoms with Gasteiger partial charge in [-0.15, -0.1) is 0 Å². The van der Waals surface area contributed by atoms with Gasteiger partial charge in [0.15, 0.2) is 0 Å². The molecule has 0 fully saturated rings. The largest absolute Gasteiger partial charge is 0.433 e. The third kappa shape index (κ3) is 3.76. The summed E-state index contributed by atoms with van der Waals surface area (Å²) >= 11 is 4.23. The number of primary amides is 1. The van der Waals surface area contributed by atoms with Crippen molar-refractivity contribution < 1.29 is 18.0 Å². The molecule has 21 heavy (non-hydrogen) atoms. The molecule has 0 saturated heterocycles. The highest BCUT2D eigenvalue weighted by Gasteiger charge is 2.33. The first-order valence-corrected chi connectivity index (χ1v) is 7.20. The van der Waals surface area contributed by atoms with Gasteiger partial charge < -0.3 is 5.73 Å². The summed E-state index contributed by atoms with van der Waals surface area (Å²) in [5.74, 6) is -0.828. The molecule has 0 spiro atoms. The minimum atomic E-state index is -4.58. The first-order chi connectivity index (χ1) is 9.79. The molecule has 1 aromatic heterocycles. The van der Waals surface area contributed by atoms with Gasteiger partial charge in [0.25, 0.3) is 5.91 Å². The summed E-state index contributed by atoms with van der Waals surface area (Å²) in [7, 11) is 0. The van der Waals surface area contributed by atoms with Gasteiger partial charge in [-0.2, -0.15) is 13.2 Å². The van der Waals surface area contributed by atoms with E-state index in [9.17, 15) is 18.0 Å². The summed E-state index contributed by atoms with van der Waals surface area (Å²) in [5, 5.41) is -0.0794. The molecule has 2 rings (SSSR count). The zero-order valence-electron chi connectivity index (χ0n) is 10.3. The van der Waals surface area contributed by atoms with E-state index in [1.165, 1.54) is 0 Å². The van der Waals surface area contributed by atoms with Crippen LogP contribution in [0.2, 0.25) is 0 Å². The van der Waals surface area contributed by atoms with Gasteiger partial charge in [0.05, 0.1) is 5.56 Å². The lowest BCUT2D eigenvalue weighted by Crippen LogP contribution is -2.16. The number of carbonyl (C=O) groups is 1. The van der Waals surface area contributed by atoms with Crippen LogP contribution in [0.5, 0.6) is 0 Å². The zero-order chi connectivity index (χ0) is 15.6. The topological polar surface area (TPSA) is 56.0 Å². The number of nitrogens with two attached hydrogens (primary N) is 1. The molecule has 1 amide bonds. The predicted molar refractivity (Wildman–Crippen MR) is 76.0 cm³/mol. The van der Waals surface area contributed by atoms with E-state index in [4.69, 9.17) is 5.73 Å². The lowest BCUT2D eigenvalue weighted by atomic mass is 10.2. The van der Waals surface area contributed by atoms with Gasteiger partial charge >= 0.3 is 6.18 Å². The number of hydrogen-bond acceptors (Lipinski definition) is 3. The quantitative estimate of drug-likeness (QED) is 0.876. The molecule has 0 radical (unpaired) electrons. The third-order valence-corrected chi connectivity index (χ3v) is 4.49. The Bertz CT molecular complexity index is 691. The van der Waals surface area contributed by atoms with Gasteiger partial charge in [-0.05, 0) is 40.2 Å². The van der Waals surface area contributed by atoms with Gasteiger partial charge in [-0.1, -0.05) is 23.9 Å². The SMILES string of the molecule is NC(=O)c1ccc(C(F)(F)F)nc1Sc1ccccc1Br. The van der Waals surface area contributed by atoms with Crippen molar-refractivity contribution in [3.05, 3.63) is 52.1 Å². The fourth-order valence-corrected chi connectivity index (χ4v) is 2.97. The molecule has 2 N–H and O–H groups in total. The second-order valence-corrected chi connectivity index (χ2v) is 5.83. The van der Waals surface area contributed by atoms with Crippen molar-refractivity contribution in [3.63, 3.8) is 0 Å². The number of alkyl halides is 3. The fourth-order valence-electron chi connectivity index (χ4n) is 1.50. The summed E-state index contributed by atoms with van der Waals surface area (Å²) in [4.78, 5) is 15.5. The normalized spacial score (nSPS) is 11.4. The number of aromatic nitrogens is 1. The molecule has 1 heterocycles. The van der Waals surface area contributed by atoms with Crippen molar-refractivity contribution in [1.82, 2.24) is 4.98 Å². The molecular formula is C13H8BrF3N2OS. The summed E-state index contributed by atoms with van der Waals surface area (Å²) in [6.07, 6.45) is -4.58. The monoisotopic (exact) mass is 376 g/mol. The molecule has 0 saturated carbocycles. The van der Waals surface area contributed by atoms with Crippen molar-refractivity contribution in [1.29, 1.82) is 0 Å². The Balaban J connectivity index is 2.49. The van der Waals surface area contributed by atoms with Crippen molar-refractivity contribution in [2.24, 2.45) is 5.73 Å². The molecule has 110 valence electrons. The lowest BCUT2D eigenvalue weighted by molar-refractivity contribution is -0.141. The van der Waals surface area contributed by atoms with E-state index in [0.717, 1.165) is 23.9 Å². The van der Waals surface area contributed by atoms with Crippen molar-refractivity contribution in [3.8, 4) is 0 Å². The first kappa shape index (κ1) is 15.8. The number of pyridine rings is 1. The van der Waals surface area contributed by atoms with Crippen LogP contribution in [-0.4, -0.2) is 10.9 Å². The Labute approximate surface area is 130 Å². The standard InChI is InChI=1S/C13H8BrF3N2OS/c14-8-3-1-2-4-9(8)21-12-7(11(18)20)5-6-10(19-12)13(15,16)17/h1-6H,(H2,18,20). The second kappa shape index (κ2) is 6.07. The summed E-state index contributed by atoms with van der Waals surface area (Å²) in [5.41, 5.74) is 4.06. The first-order valence-electron chi connectivity index (χ1n) is 5.59. The van der Waals surface area contributed by atoms with E-state index in [-0.39, 0.29) is 10.6 Å². The molecular weight excluding hydrogens is 369 g/mol. The lowest BCUT2D eigenvalue weighted by Gasteiger charge is -2.11. The smallest absolute Gasteiger partial charge is 0.366 e. The Morgan fingerprint density at radius 1 is 1.19 bits per heavy atom. The molecule has 0 aliphatic carbocycles. The maximum atomic E-state index is 12.7. The molecule has 8 heteroatoms. The minimum Gasteiger partial charge on any atom is -0.366 e. The Hall–Kier alpha value is -1.54. The van der Waals surface area contributed by atoms with Crippen LogP contribution in [-0.2, 0) is 6.18 Å². The molecule has 0 bridgehead atoms. The molecule has 0 aliphatic rings. The van der Waals surface area contributed by atoms with Gasteiger partial charge in [0, 0.05) is 9.37 Å². The van der Waals surface area contributed by atoms with E-state index in [1.54, 1.807) is 24.3 Å². The molecule has 0 unspecified atom stereocenters. The molecule has 1 aromatic carbocycles. The highest BCUT2D eigenvalue weighted by Crippen LogP contribution is 2.36. The maximum Gasteiger partial charge on any atom is 0.433 e. The van der Waals surface area contributed by atoms with Crippen molar-refractivity contribution in [2.75, 3.05) is 0 Å². The summed E-state index contributed by atoms with van der Waals surface area (Å²) in [6.45, 7) is 0. The number of rotatable bonds is 3. The summed E-state index contributed by atoms with van der Waals surface area (Å²) in [6, 6.07) is 8.70. The van der Waals surface area contributed by atoms with Crippen LogP contribution in [0.1, 0.15) is 16.1 Å². The van der Waals surface area contributed by atoms with Crippen LogP contribution in [0.4, 0.5) is 13.2 Å². The maximum absolute atomic E-state index is 12.7. The van der Waals surface area contributed by atoms with E-state index < -0.39 is 17.8 Å². The number of benzene rings is 1. The van der Waals surface area contributed by atoms with Crippen LogP contribution in [0, 0.1) is 0 Å². The number of halogens is 4. The van der Waals surface area contributed by atoms with Crippen molar-refractivity contribution >= 4 is 33.6 Å². The van der Waals surface area contributed by atoms with E-state index in [0.29, 0.717) is 9.37 Å². The van der Waals surface area contributed by atoms with Gasteiger partial charge in [0.1, 0.15) is 10.7 Å². The van der Waals surface area contributed by atoms with Crippen molar-refractivity contribution in [2.45, 2.75) is 16.1 Å². The van der Waals surface area contributed by atoms with Gasteiger partial charge in [-0.25, -0.2) is 4.98 Å². The molecule has 0 atom stereocenters. The van der Waals surface area contributed by atoms with Gasteiger partial charge in [-0.3, -0.25) is 4.79 Å². The predicted octanol–water partition coefficient (Wildman–Crippen LogP) is 4.11. The van der Waals surface area contributed by atoms with Crippen LogP contribution in [0.15, 0.2) is 50.8 Å². The van der Waals surface area contributed by atoms with Crippen LogP contribution in [0.3, 0.4) is 0 Å². The number of nitrogens with zero attached hydrogens (tertiary/aromatic N) is 1. The van der Waals surface area contributed by atoms with Crippen LogP contribution in [0.25, 0.3) is 0 Å². The fraction of sp³-hybridized carbons (Fsp3) is 0.0769. The van der Waals surface area contributed by atoms with E-state index in [2.05, 4.69) is 20.9 Å². The number of carbonyl (C=O) groups excluding carboxylic acids is 1. The average Bonchev–Trinajstić information content (AvgIpc) is 2.40. The molecule has 2 aromatic rings. The Morgan fingerprint density at radius 3 is 2.43 bits per heavy atom.